The van der Waals surface area contributed by atoms with Gasteiger partial charge in [-0.2, -0.15) is 0 Å². The molecular weight excluding hydrogens is 248 g/mol. The van der Waals surface area contributed by atoms with Crippen LogP contribution in [0.3, 0.4) is 0 Å². The SMILES string of the molecule is CC.CCNC(=O)C1CN(C)CCC1c1ccccc1. The van der Waals surface area contributed by atoms with Gasteiger partial charge >= 0.3 is 0 Å². The number of carbonyl (C=O) groups excluding carboxylic acids is 1. The topological polar surface area (TPSA) is 32.3 Å². The minimum atomic E-state index is 0.0751. The summed E-state index contributed by atoms with van der Waals surface area (Å²) >= 11 is 0. The van der Waals surface area contributed by atoms with Crippen LogP contribution in [0.1, 0.15) is 38.7 Å². The first-order valence-electron chi connectivity index (χ1n) is 7.73. The van der Waals surface area contributed by atoms with Crippen molar-refractivity contribution in [3.63, 3.8) is 0 Å². The van der Waals surface area contributed by atoms with Crippen LogP contribution in [0.15, 0.2) is 30.3 Å². The van der Waals surface area contributed by atoms with E-state index < -0.39 is 0 Å². The predicted molar refractivity (Wildman–Crippen MR) is 84.8 cm³/mol. The molecule has 1 aliphatic rings. The molecule has 0 aliphatic carbocycles. The highest BCUT2D eigenvalue weighted by atomic mass is 16.1. The van der Waals surface area contributed by atoms with Crippen LogP contribution in [-0.4, -0.2) is 37.5 Å². The van der Waals surface area contributed by atoms with Gasteiger partial charge in [-0.3, -0.25) is 4.79 Å². The van der Waals surface area contributed by atoms with E-state index in [2.05, 4.69) is 41.5 Å². The number of benzene rings is 1. The Balaban J connectivity index is 0.000000956. The lowest BCUT2D eigenvalue weighted by atomic mass is 9.80. The standard InChI is InChI=1S/C15H22N2O.C2H6/c1-3-16-15(18)14-11-17(2)10-9-13(14)12-7-5-4-6-8-12;1-2/h4-8,13-14H,3,9-11H2,1-2H3,(H,16,18);1-2H3. The van der Waals surface area contributed by atoms with Crippen LogP contribution in [0.4, 0.5) is 0 Å². The highest BCUT2D eigenvalue weighted by Gasteiger charge is 2.33. The molecule has 2 rings (SSSR count). The first-order chi connectivity index (χ1) is 9.72. The van der Waals surface area contributed by atoms with E-state index in [0.717, 1.165) is 19.5 Å². The van der Waals surface area contributed by atoms with Gasteiger partial charge in [0.2, 0.25) is 5.91 Å². The number of carbonyl (C=O) groups is 1. The number of hydrogen-bond acceptors (Lipinski definition) is 2. The lowest BCUT2D eigenvalue weighted by Crippen LogP contribution is -2.45. The fraction of sp³-hybridized carbons (Fsp3) is 0.588. The first-order valence-corrected chi connectivity index (χ1v) is 7.73. The van der Waals surface area contributed by atoms with Crippen LogP contribution < -0.4 is 5.32 Å². The maximum Gasteiger partial charge on any atom is 0.225 e. The third-order valence-electron chi connectivity index (χ3n) is 3.73. The molecule has 1 aromatic carbocycles. The van der Waals surface area contributed by atoms with Crippen molar-refractivity contribution >= 4 is 5.91 Å². The Morgan fingerprint density at radius 2 is 1.95 bits per heavy atom. The number of hydrogen-bond donors (Lipinski definition) is 1. The zero-order chi connectivity index (χ0) is 15.0. The molecule has 1 aliphatic heterocycles. The number of likely N-dealkylation sites (tertiary alicyclic amines) is 1. The van der Waals surface area contributed by atoms with Gasteiger partial charge in [0.1, 0.15) is 0 Å². The molecule has 1 fully saturated rings. The lowest BCUT2D eigenvalue weighted by Gasteiger charge is -2.36. The van der Waals surface area contributed by atoms with Crippen molar-refractivity contribution in [2.24, 2.45) is 5.92 Å². The van der Waals surface area contributed by atoms with Crippen molar-refractivity contribution in [3.05, 3.63) is 35.9 Å². The van der Waals surface area contributed by atoms with Crippen LogP contribution in [0.2, 0.25) is 0 Å². The van der Waals surface area contributed by atoms with Crippen molar-refractivity contribution in [1.29, 1.82) is 0 Å². The van der Waals surface area contributed by atoms with Gasteiger partial charge in [-0.05, 0) is 38.4 Å². The molecule has 1 amide bonds. The van der Waals surface area contributed by atoms with Crippen LogP contribution in [0.25, 0.3) is 0 Å². The minimum Gasteiger partial charge on any atom is -0.356 e. The number of amides is 1. The Bertz CT molecular complexity index is 391. The quantitative estimate of drug-likeness (QED) is 0.920. The van der Waals surface area contributed by atoms with Gasteiger partial charge in [0.25, 0.3) is 0 Å². The van der Waals surface area contributed by atoms with E-state index in [0.29, 0.717) is 12.5 Å². The highest BCUT2D eigenvalue weighted by molar-refractivity contribution is 5.80. The summed E-state index contributed by atoms with van der Waals surface area (Å²) in [6.45, 7) is 8.60. The molecule has 20 heavy (non-hydrogen) atoms. The minimum absolute atomic E-state index is 0.0751. The van der Waals surface area contributed by atoms with Crippen molar-refractivity contribution in [3.8, 4) is 0 Å². The Hall–Kier alpha value is -1.35. The van der Waals surface area contributed by atoms with E-state index in [1.54, 1.807) is 0 Å². The van der Waals surface area contributed by atoms with Gasteiger partial charge in [0.15, 0.2) is 0 Å². The molecule has 1 saturated heterocycles. The van der Waals surface area contributed by atoms with Crippen LogP contribution in [0, 0.1) is 5.92 Å². The van der Waals surface area contributed by atoms with E-state index in [-0.39, 0.29) is 11.8 Å². The molecule has 0 aromatic heterocycles. The Morgan fingerprint density at radius 1 is 1.30 bits per heavy atom. The third kappa shape index (κ3) is 4.34. The molecule has 0 radical (unpaired) electrons. The maximum absolute atomic E-state index is 12.2. The molecular formula is C17H28N2O. The summed E-state index contributed by atoms with van der Waals surface area (Å²) in [4.78, 5) is 14.4. The van der Waals surface area contributed by atoms with Crippen molar-refractivity contribution in [1.82, 2.24) is 10.2 Å². The summed E-state index contributed by atoms with van der Waals surface area (Å²) in [5.41, 5.74) is 1.29. The second-order valence-corrected chi connectivity index (χ2v) is 5.07. The second-order valence-electron chi connectivity index (χ2n) is 5.07. The van der Waals surface area contributed by atoms with Crippen molar-refractivity contribution < 1.29 is 4.79 Å². The van der Waals surface area contributed by atoms with E-state index in [4.69, 9.17) is 0 Å². The van der Waals surface area contributed by atoms with Crippen molar-refractivity contribution in [2.75, 3.05) is 26.7 Å². The Morgan fingerprint density at radius 3 is 2.55 bits per heavy atom. The first kappa shape index (κ1) is 16.7. The molecule has 1 N–H and O–H groups in total. The molecule has 3 nitrogen and oxygen atoms in total. The maximum atomic E-state index is 12.2. The monoisotopic (exact) mass is 276 g/mol. The zero-order valence-corrected chi connectivity index (χ0v) is 13.2. The van der Waals surface area contributed by atoms with Crippen LogP contribution in [0.5, 0.6) is 0 Å². The Kier molecular flexibility index (Phi) is 7.31. The molecule has 2 atom stereocenters. The number of piperidine rings is 1. The molecule has 3 heteroatoms. The Labute approximate surface area is 123 Å². The molecule has 0 bridgehead atoms. The average molecular weight is 276 g/mol. The van der Waals surface area contributed by atoms with Gasteiger partial charge < -0.3 is 10.2 Å². The number of nitrogens with one attached hydrogen (secondary N) is 1. The van der Waals surface area contributed by atoms with E-state index in [1.807, 2.05) is 26.8 Å². The van der Waals surface area contributed by atoms with Gasteiger partial charge in [-0.25, -0.2) is 0 Å². The summed E-state index contributed by atoms with van der Waals surface area (Å²) in [5.74, 6) is 0.623. The third-order valence-corrected chi connectivity index (χ3v) is 3.73. The van der Waals surface area contributed by atoms with Gasteiger partial charge in [0, 0.05) is 13.1 Å². The summed E-state index contributed by atoms with van der Waals surface area (Å²) < 4.78 is 0. The lowest BCUT2D eigenvalue weighted by molar-refractivity contribution is -0.127. The largest absolute Gasteiger partial charge is 0.356 e. The van der Waals surface area contributed by atoms with Gasteiger partial charge in [0.05, 0.1) is 5.92 Å². The molecule has 0 saturated carbocycles. The van der Waals surface area contributed by atoms with E-state index >= 15 is 0 Å². The molecule has 1 heterocycles. The molecule has 112 valence electrons. The normalized spacial score (nSPS) is 22.6. The average Bonchev–Trinajstić information content (AvgIpc) is 2.50. The summed E-state index contributed by atoms with van der Waals surface area (Å²) in [7, 11) is 2.09. The summed E-state index contributed by atoms with van der Waals surface area (Å²) in [6, 6.07) is 10.4. The van der Waals surface area contributed by atoms with Crippen LogP contribution >= 0.6 is 0 Å². The van der Waals surface area contributed by atoms with Gasteiger partial charge in [-0.15, -0.1) is 0 Å². The van der Waals surface area contributed by atoms with Crippen molar-refractivity contribution in [2.45, 2.75) is 33.1 Å². The van der Waals surface area contributed by atoms with Crippen LogP contribution in [-0.2, 0) is 4.79 Å². The number of rotatable bonds is 3. The van der Waals surface area contributed by atoms with Gasteiger partial charge in [-0.1, -0.05) is 44.2 Å². The molecule has 2 unspecified atom stereocenters. The smallest absolute Gasteiger partial charge is 0.225 e. The van der Waals surface area contributed by atoms with E-state index in [1.165, 1.54) is 5.56 Å². The predicted octanol–water partition coefficient (Wildman–Crippen LogP) is 2.88. The van der Waals surface area contributed by atoms with E-state index in [9.17, 15) is 4.79 Å². The summed E-state index contributed by atoms with van der Waals surface area (Å²) in [6.07, 6.45) is 1.06. The molecule has 1 aromatic rings. The zero-order valence-electron chi connectivity index (χ0n) is 13.2. The second kappa shape index (κ2) is 8.75. The molecule has 0 spiro atoms. The highest BCUT2D eigenvalue weighted by Crippen LogP contribution is 2.32. The number of nitrogens with zero attached hydrogens (tertiary/aromatic N) is 1. The fourth-order valence-corrected chi connectivity index (χ4v) is 2.79. The fourth-order valence-electron chi connectivity index (χ4n) is 2.79. The summed E-state index contributed by atoms with van der Waals surface area (Å²) in [5, 5.41) is 2.97.